The lowest BCUT2D eigenvalue weighted by Crippen LogP contribution is -2.51. The van der Waals surface area contributed by atoms with Crippen LogP contribution in [0.1, 0.15) is 36.5 Å². The van der Waals surface area contributed by atoms with E-state index >= 15 is 0 Å². The Morgan fingerprint density at radius 2 is 1.80 bits per heavy atom. The number of pyridine rings is 2. The average molecular weight is 530 g/mol. The number of hydrogen-bond acceptors (Lipinski definition) is 7. The monoisotopic (exact) mass is 529 g/mol. The number of methoxy groups -OCH3 is 1. The molecule has 2 atom stereocenters. The number of amides is 1. The van der Waals surface area contributed by atoms with Gasteiger partial charge >= 0.3 is 0 Å². The number of hydrazone groups is 1. The van der Waals surface area contributed by atoms with Crippen LogP contribution in [0.15, 0.2) is 72.4 Å². The van der Waals surface area contributed by atoms with Crippen LogP contribution in [0.25, 0.3) is 0 Å². The molecular weight excluding hydrogens is 505 g/mol. The molecule has 1 aliphatic rings. The number of benzene rings is 1. The van der Waals surface area contributed by atoms with Gasteiger partial charge in [0.15, 0.2) is 5.60 Å². The van der Waals surface area contributed by atoms with Crippen molar-refractivity contribution < 1.29 is 9.53 Å². The molecule has 2 N–H and O–H groups in total. The van der Waals surface area contributed by atoms with Crippen LogP contribution in [-0.2, 0) is 20.0 Å². The Bertz CT molecular complexity index is 1250. The minimum absolute atomic E-state index is 0.372. The number of thioether (sulfide) groups is 1. The van der Waals surface area contributed by atoms with E-state index in [-0.39, 0.29) is 0 Å². The first-order chi connectivity index (χ1) is 16.9. The largest absolute Gasteiger partial charge is 0.364 e. The molecule has 0 saturated carbocycles. The van der Waals surface area contributed by atoms with Crippen molar-refractivity contribution in [1.29, 1.82) is 0 Å². The van der Waals surface area contributed by atoms with Crippen LogP contribution < -0.4 is 5.73 Å². The Labute approximate surface area is 218 Å². The summed E-state index contributed by atoms with van der Waals surface area (Å²) in [6.07, 6.45) is 7.57. The molecule has 2 aromatic heterocycles. The lowest BCUT2D eigenvalue weighted by Gasteiger charge is -2.40. The van der Waals surface area contributed by atoms with Gasteiger partial charge in [-0.1, -0.05) is 65.3 Å². The summed E-state index contributed by atoms with van der Waals surface area (Å²) in [6, 6.07) is 13.1. The van der Waals surface area contributed by atoms with Gasteiger partial charge in [0.05, 0.1) is 10.0 Å². The third-order valence-corrected chi connectivity index (χ3v) is 8.14. The first kappa shape index (κ1) is 25.6. The van der Waals surface area contributed by atoms with E-state index in [1.54, 1.807) is 43.8 Å². The molecule has 0 fully saturated rings. The molecular formula is C25H25Cl2N5O2S. The maximum absolute atomic E-state index is 14.4. The molecule has 4 rings (SSSR count). The van der Waals surface area contributed by atoms with Gasteiger partial charge in [0.2, 0.25) is 0 Å². The zero-order valence-corrected chi connectivity index (χ0v) is 21.6. The van der Waals surface area contributed by atoms with E-state index in [1.165, 1.54) is 23.9 Å². The van der Waals surface area contributed by atoms with Gasteiger partial charge in [0, 0.05) is 43.0 Å². The van der Waals surface area contributed by atoms with Gasteiger partial charge in [-0.05, 0) is 44.0 Å². The normalized spacial score (nSPS) is 19.3. The van der Waals surface area contributed by atoms with Crippen molar-refractivity contribution in [2.24, 2.45) is 10.8 Å². The van der Waals surface area contributed by atoms with Crippen molar-refractivity contribution in [3.63, 3.8) is 0 Å². The van der Waals surface area contributed by atoms with E-state index < -0.39 is 16.4 Å². The fourth-order valence-corrected chi connectivity index (χ4v) is 5.98. The standard InChI is InChI=1S/C25H25Cl2N5O2S/c1-24(34-2,19-16-30-14-10-21(19)27)23(33)32-25(11-6-12-28,17-7-4-3-5-8-17)35-22(31-32)18-15-29-13-9-20(18)26/h3-5,7-10,13-16H,6,11-12,28H2,1-2H3/t24-,25?/m0/s1. The number of nitrogens with two attached hydrogens (primary N) is 1. The summed E-state index contributed by atoms with van der Waals surface area (Å²) in [5.41, 5.74) is 6.47. The Kier molecular flexibility index (Phi) is 7.78. The molecule has 1 aromatic carbocycles. The Hall–Kier alpha value is -2.49. The molecule has 3 heterocycles. The van der Waals surface area contributed by atoms with Crippen LogP contribution in [0.2, 0.25) is 10.0 Å². The lowest BCUT2D eigenvalue weighted by atomic mass is 9.93. The lowest BCUT2D eigenvalue weighted by molar-refractivity contribution is -0.158. The van der Waals surface area contributed by atoms with Crippen molar-refractivity contribution in [3.05, 3.63) is 94.0 Å². The smallest absolute Gasteiger partial charge is 0.281 e. The highest BCUT2D eigenvalue weighted by Crippen LogP contribution is 2.52. The molecule has 0 bridgehead atoms. The summed E-state index contributed by atoms with van der Waals surface area (Å²) in [6.45, 7) is 2.13. The van der Waals surface area contributed by atoms with Gasteiger partial charge in [0.25, 0.3) is 5.91 Å². The SMILES string of the molecule is CO[C@](C)(C(=O)N1N=C(c2cnccc2Cl)SC1(CCCN)c1ccccc1)c1cnccc1Cl. The van der Waals surface area contributed by atoms with Crippen molar-refractivity contribution in [3.8, 4) is 0 Å². The summed E-state index contributed by atoms with van der Waals surface area (Å²) in [5, 5.41) is 7.76. The number of carbonyl (C=O) groups is 1. The second-order valence-electron chi connectivity index (χ2n) is 8.12. The predicted molar refractivity (Wildman–Crippen MR) is 140 cm³/mol. The minimum Gasteiger partial charge on any atom is -0.364 e. The number of halogens is 2. The fourth-order valence-electron chi connectivity index (χ4n) is 4.01. The van der Waals surface area contributed by atoms with Crippen molar-refractivity contribution in [2.75, 3.05) is 13.7 Å². The van der Waals surface area contributed by atoms with Gasteiger partial charge in [-0.15, -0.1) is 0 Å². The molecule has 10 heteroatoms. The summed E-state index contributed by atoms with van der Waals surface area (Å²) in [5.74, 6) is -0.390. The molecule has 0 aliphatic carbocycles. The maximum Gasteiger partial charge on any atom is 0.281 e. The van der Waals surface area contributed by atoms with Crippen molar-refractivity contribution in [1.82, 2.24) is 15.0 Å². The topological polar surface area (TPSA) is 93.7 Å². The molecule has 7 nitrogen and oxygen atoms in total. The van der Waals surface area contributed by atoms with Crippen LogP contribution in [0.5, 0.6) is 0 Å². The van der Waals surface area contributed by atoms with E-state index in [9.17, 15) is 4.79 Å². The van der Waals surface area contributed by atoms with E-state index in [2.05, 4.69) is 9.97 Å². The first-order valence-electron chi connectivity index (χ1n) is 11.0. The van der Waals surface area contributed by atoms with Gasteiger partial charge in [-0.2, -0.15) is 5.10 Å². The molecule has 1 aliphatic heterocycles. The molecule has 35 heavy (non-hydrogen) atoms. The quantitative estimate of drug-likeness (QED) is 0.432. The second kappa shape index (κ2) is 10.6. The third kappa shape index (κ3) is 4.69. The number of hydrogen-bond donors (Lipinski definition) is 1. The van der Waals surface area contributed by atoms with E-state index in [1.807, 2.05) is 30.3 Å². The molecule has 0 spiro atoms. The van der Waals surface area contributed by atoms with Crippen LogP contribution >= 0.6 is 35.0 Å². The first-order valence-corrected chi connectivity index (χ1v) is 12.6. The number of ether oxygens (including phenoxy) is 1. The predicted octanol–water partition coefficient (Wildman–Crippen LogP) is 5.17. The third-order valence-electron chi connectivity index (χ3n) is 6.03. The van der Waals surface area contributed by atoms with E-state index in [0.29, 0.717) is 45.6 Å². The zero-order chi connectivity index (χ0) is 25.1. The average Bonchev–Trinajstić information content (AvgIpc) is 3.28. The Balaban J connectivity index is 1.91. The molecule has 0 radical (unpaired) electrons. The summed E-state index contributed by atoms with van der Waals surface area (Å²) < 4.78 is 5.82. The Morgan fingerprint density at radius 3 is 2.43 bits per heavy atom. The number of carbonyl (C=O) groups excluding carboxylic acids is 1. The molecule has 1 amide bonds. The molecule has 1 unspecified atom stereocenters. The number of rotatable bonds is 8. The zero-order valence-electron chi connectivity index (χ0n) is 19.3. The second-order valence-corrected chi connectivity index (χ2v) is 10.2. The molecule has 0 saturated heterocycles. The van der Waals surface area contributed by atoms with E-state index in [4.69, 9.17) is 38.8 Å². The number of aromatic nitrogens is 2. The minimum atomic E-state index is -1.45. The van der Waals surface area contributed by atoms with Gasteiger partial charge in [0.1, 0.15) is 9.91 Å². The molecule has 3 aromatic rings. The summed E-state index contributed by atoms with van der Waals surface area (Å²) in [7, 11) is 1.47. The van der Waals surface area contributed by atoms with Crippen molar-refractivity contribution in [2.45, 2.75) is 30.2 Å². The van der Waals surface area contributed by atoms with Crippen LogP contribution in [0.4, 0.5) is 0 Å². The fraction of sp³-hybridized carbons (Fsp3) is 0.280. The van der Waals surface area contributed by atoms with Gasteiger partial charge < -0.3 is 10.5 Å². The summed E-state index contributed by atoms with van der Waals surface area (Å²) >= 11 is 14.4. The van der Waals surface area contributed by atoms with Crippen LogP contribution in [0, 0.1) is 0 Å². The summed E-state index contributed by atoms with van der Waals surface area (Å²) in [4.78, 5) is 21.9. The van der Waals surface area contributed by atoms with E-state index in [0.717, 1.165) is 5.56 Å². The van der Waals surface area contributed by atoms with Crippen LogP contribution in [0.3, 0.4) is 0 Å². The highest BCUT2D eigenvalue weighted by atomic mass is 35.5. The van der Waals surface area contributed by atoms with Crippen LogP contribution in [-0.4, -0.2) is 39.6 Å². The highest BCUT2D eigenvalue weighted by molar-refractivity contribution is 8.15. The molecule has 182 valence electrons. The van der Waals surface area contributed by atoms with Gasteiger partial charge in [-0.25, -0.2) is 5.01 Å². The van der Waals surface area contributed by atoms with Crippen molar-refractivity contribution >= 4 is 45.9 Å². The highest BCUT2D eigenvalue weighted by Gasteiger charge is 2.53. The maximum atomic E-state index is 14.4. The Morgan fingerprint density at radius 1 is 1.11 bits per heavy atom. The number of nitrogens with zero attached hydrogens (tertiary/aromatic N) is 4. The van der Waals surface area contributed by atoms with Gasteiger partial charge in [-0.3, -0.25) is 14.8 Å².